The molecule has 0 aliphatic carbocycles. The molecule has 0 atom stereocenters. The molecule has 3 heterocycles. The van der Waals surface area contributed by atoms with E-state index in [1.165, 1.54) is 93.0 Å². The summed E-state index contributed by atoms with van der Waals surface area (Å²) < 4.78 is 11.5. The number of para-hydroxylation sites is 3. The van der Waals surface area contributed by atoms with Crippen molar-refractivity contribution in [1.82, 2.24) is 9.13 Å². The van der Waals surface area contributed by atoms with Gasteiger partial charge in [0.05, 0.1) is 11.0 Å². The van der Waals surface area contributed by atoms with Gasteiger partial charge in [-0.15, -0.1) is 0 Å². The van der Waals surface area contributed by atoms with Crippen LogP contribution < -0.4 is 15.4 Å². The number of nitrogens with zero attached hydrogens (tertiary/aromatic N) is 3. The van der Waals surface area contributed by atoms with Gasteiger partial charge >= 0.3 is 0 Å². The maximum absolute atomic E-state index is 6.52. The third-order valence-corrected chi connectivity index (χ3v) is 18.6. The molecule has 0 unspecified atom stereocenters. The number of hydrogen-bond acceptors (Lipinski definition) is 3. The van der Waals surface area contributed by atoms with Crippen LogP contribution in [-0.2, 0) is 6.54 Å². The van der Waals surface area contributed by atoms with Crippen molar-refractivity contribution in [2.45, 2.75) is 13.5 Å². The van der Waals surface area contributed by atoms with E-state index in [0.29, 0.717) is 6.61 Å². The highest BCUT2D eigenvalue weighted by molar-refractivity contribution is 9.10. The van der Waals surface area contributed by atoms with Gasteiger partial charge in [-0.3, -0.25) is 0 Å². The quantitative estimate of drug-likeness (QED) is 0.139. The van der Waals surface area contributed by atoms with Gasteiger partial charge in [-0.1, -0.05) is 210 Å². The summed E-state index contributed by atoms with van der Waals surface area (Å²) in [5.74, 6) is 0.998. The van der Waals surface area contributed by atoms with E-state index in [-0.39, 0.29) is 0 Å². The number of anilines is 4. The zero-order chi connectivity index (χ0) is 60.9. The molecule has 0 saturated carbocycles. The molecule has 0 radical (unpaired) electrons. The van der Waals surface area contributed by atoms with Crippen LogP contribution in [-0.4, -0.2) is 15.7 Å². The third kappa shape index (κ3) is 10.3. The first-order valence-electron chi connectivity index (χ1n) is 31.0. The number of ether oxygens (including phenoxy) is 1. The summed E-state index contributed by atoms with van der Waals surface area (Å²) in [6.07, 6.45) is 2.13. The van der Waals surface area contributed by atoms with E-state index in [1.54, 1.807) is 0 Å². The van der Waals surface area contributed by atoms with Gasteiger partial charge in [-0.25, -0.2) is 0 Å². The van der Waals surface area contributed by atoms with Gasteiger partial charge in [0.1, 0.15) is 12.4 Å². The predicted octanol–water partition coefficient (Wildman–Crippen LogP) is 23.2. The van der Waals surface area contributed by atoms with E-state index in [1.807, 2.05) is 18.2 Å². The standard InChI is InChI=1S/C69H47BrN4.C16H14O/c70-54-38-52(49-27-35-67-63(42-49)61-20-8-11-23-66(61)72(67)44-51-17-5-6-18-59(51)60-19-7-10-22-65(60)71)37-53(39-54)50-28-36-69-64(43-50)62-21-9-12-24-68(62)74(69)56-33-31-55(32-34-56)73(57-29-25-45-13-1-3-15-47(45)40-57)58-30-26-46-14-2-4-16-48(46)41-58;1-2-12-11-17-16-9-8-14(10-15(12)16)13-6-4-3-5-7-13/h1-43H,44,71H2;2-10H,11H2,1H3/b;12-2+. The molecule has 14 aromatic carbocycles. The van der Waals surface area contributed by atoms with E-state index < -0.39 is 0 Å². The second-order valence-electron chi connectivity index (χ2n) is 23.5. The first-order chi connectivity index (χ1) is 44.9. The van der Waals surface area contributed by atoms with Crippen molar-refractivity contribution in [2.75, 3.05) is 17.2 Å². The number of nitrogens with two attached hydrogens (primary N) is 1. The summed E-state index contributed by atoms with van der Waals surface area (Å²) in [7, 11) is 0. The first kappa shape index (κ1) is 55.2. The highest BCUT2D eigenvalue weighted by Gasteiger charge is 2.21. The molecule has 6 heteroatoms. The minimum Gasteiger partial charge on any atom is -0.488 e. The van der Waals surface area contributed by atoms with E-state index in [0.717, 1.165) is 78.5 Å². The summed E-state index contributed by atoms with van der Waals surface area (Å²) >= 11 is 3.94. The van der Waals surface area contributed by atoms with Crippen molar-refractivity contribution in [2.24, 2.45) is 0 Å². The van der Waals surface area contributed by atoms with Crippen LogP contribution in [0, 0.1) is 0 Å². The van der Waals surface area contributed by atoms with Gasteiger partial charge in [0, 0.05) is 83.2 Å². The van der Waals surface area contributed by atoms with Crippen LogP contribution in [0.25, 0.3) is 121 Å². The normalized spacial score (nSPS) is 12.4. The number of hydrogen-bond donors (Lipinski definition) is 1. The molecule has 0 amide bonds. The molecule has 16 aromatic rings. The van der Waals surface area contributed by atoms with Gasteiger partial charge in [0.2, 0.25) is 0 Å². The Hall–Kier alpha value is -11.2. The number of fused-ring (bicyclic) bond motifs is 9. The van der Waals surface area contributed by atoms with E-state index in [4.69, 9.17) is 10.5 Å². The summed E-state index contributed by atoms with van der Waals surface area (Å²) in [6.45, 7) is 3.48. The lowest BCUT2D eigenvalue weighted by atomic mass is 9.97. The fraction of sp³-hybridized carbons (Fsp3) is 0.0353. The predicted molar refractivity (Wildman–Crippen MR) is 388 cm³/mol. The summed E-state index contributed by atoms with van der Waals surface area (Å²) in [6, 6.07) is 112. The van der Waals surface area contributed by atoms with Crippen LogP contribution in [0.2, 0.25) is 0 Å². The molecule has 0 fully saturated rings. The maximum atomic E-state index is 6.52. The second-order valence-corrected chi connectivity index (χ2v) is 24.4. The largest absolute Gasteiger partial charge is 0.488 e. The smallest absolute Gasteiger partial charge is 0.127 e. The Morgan fingerprint density at radius 3 is 1.59 bits per heavy atom. The van der Waals surface area contributed by atoms with Crippen LogP contribution in [0.1, 0.15) is 18.1 Å². The van der Waals surface area contributed by atoms with Crippen LogP contribution in [0.4, 0.5) is 22.7 Å². The molecule has 2 N–H and O–H groups in total. The fourth-order valence-corrected chi connectivity index (χ4v) is 14.1. The number of allylic oxidation sites excluding steroid dienone is 1. The number of benzene rings is 14. The lowest BCUT2D eigenvalue weighted by Crippen LogP contribution is -2.10. The molecule has 17 rings (SSSR count). The van der Waals surface area contributed by atoms with Crippen LogP contribution in [0.15, 0.2) is 320 Å². The van der Waals surface area contributed by atoms with E-state index >= 15 is 0 Å². The van der Waals surface area contributed by atoms with E-state index in [9.17, 15) is 0 Å². The van der Waals surface area contributed by atoms with Crippen molar-refractivity contribution in [3.63, 3.8) is 0 Å². The first-order valence-corrected chi connectivity index (χ1v) is 31.8. The van der Waals surface area contributed by atoms with Crippen molar-refractivity contribution in [3.8, 4) is 55.9 Å². The molecule has 0 spiro atoms. The SMILES string of the molecule is C/C=C1\COc2ccc(-c3ccccc3)cc21.Nc1ccccc1-c1ccccc1Cn1c2ccccc2c2cc(-c3cc(Br)cc(-c4ccc5c(c4)c4ccccc4n5-c4ccc(N(c5ccc6ccccc6c5)c5ccc6ccccc6c5)cc4)c3)ccc21. The summed E-state index contributed by atoms with van der Waals surface area (Å²) in [5, 5.41) is 9.76. The van der Waals surface area contributed by atoms with Crippen molar-refractivity contribution in [1.29, 1.82) is 0 Å². The summed E-state index contributed by atoms with van der Waals surface area (Å²) in [5.41, 5.74) is 29.6. The Balaban J connectivity index is 0.000000335. The van der Waals surface area contributed by atoms with Crippen molar-refractivity contribution in [3.05, 3.63) is 331 Å². The van der Waals surface area contributed by atoms with Gasteiger partial charge in [0.25, 0.3) is 0 Å². The Bertz CT molecular complexity index is 5420. The van der Waals surface area contributed by atoms with Gasteiger partial charge in [0.15, 0.2) is 0 Å². The highest BCUT2D eigenvalue weighted by Crippen LogP contribution is 2.43. The maximum Gasteiger partial charge on any atom is 0.127 e. The Labute approximate surface area is 537 Å². The molecule has 91 heavy (non-hydrogen) atoms. The molecule has 0 bridgehead atoms. The molecule has 2 aromatic heterocycles. The molecular weight excluding hydrogens is 1170 g/mol. The zero-order valence-corrected chi connectivity index (χ0v) is 51.7. The molecular formula is C85H61BrN4O. The average molecular weight is 1230 g/mol. The van der Waals surface area contributed by atoms with Crippen LogP contribution >= 0.6 is 15.9 Å². The van der Waals surface area contributed by atoms with Gasteiger partial charge in [-0.05, 0) is 200 Å². The van der Waals surface area contributed by atoms with Crippen LogP contribution in [0.5, 0.6) is 5.75 Å². The molecule has 1 aliphatic heterocycles. The third-order valence-electron chi connectivity index (χ3n) is 18.1. The second kappa shape index (κ2) is 23.4. The van der Waals surface area contributed by atoms with E-state index in [2.05, 4.69) is 334 Å². The minimum atomic E-state index is 0.698. The minimum absolute atomic E-state index is 0.698. The Kier molecular flexibility index (Phi) is 14.2. The molecule has 1 aliphatic rings. The fourth-order valence-electron chi connectivity index (χ4n) is 13.6. The van der Waals surface area contributed by atoms with Crippen LogP contribution in [0.3, 0.4) is 0 Å². The lowest BCUT2D eigenvalue weighted by molar-refractivity contribution is 0.388. The van der Waals surface area contributed by atoms with Crippen molar-refractivity contribution < 1.29 is 4.74 Å². The highest BCUT2D eigenvalue weighted by atomic mass is 79.9. The number of nitrogen functional groups attached to an aromatic ring is 1. The van der Waals surface area contributed by atoms with Gasteiger partial charge in [-0.2, -0.15) is 0 Å². The lowest BCUT2D eigenvalue weighted by Gasteiger charge is -2.26. The molecule has 5 nitrogen and oxygen atoms in total. The number of rotatable bonds is 10. The average Bonchev–Trinajstić information content (AvgIpc) is 1.65. The Morgan fingerprint density at radius 2 is 0.912 bits per heavy atom. The topological polar surface area (TPSA) is 48.4 Å². The molecule has 434 valence electrons. The Morgan fingerprint density at radius 1 is 0.396 bits per heavy atom. The monoisotopic (exact) mass is 1230 g/mol. The number of aromatic nitrogens is 2. The van der Waals surface area contributed by atoms with Crippen molar-refractivity contribution >= 4 is 109 Å². The number of halogens is 1. The molecule has 0 saturated heterocycles. The zero-order valence-electron chi connectivity index (χ0n) is 50.1. The summed E-state index contributed by atoms with van der Waals surface area (Å²) in [4.78, 5) is 2.37. The van der Waals surface area contributed by atoms with Gasteiger partial charge < -0.3 is 24.5 Å².